The van der Waals surface area contributed by atoms with E-state index in [0.717, 1.165) is 0 Å². The van der Waals surface area contributed by atoms with Crippen molar-refractivity contribution in [3.8, 4) is 11.5 Å². The monoisotopic (exact) mass is 541 g/mol. The van der Waals surface area contributed by atoms with Gasteiger partial charge in [0.1, 0.15) is 23.9 Å². The number of alkyl carbamates (subject to hydrolysis) is 2. The molecule has 2 amide bonds. The van der Waals surface area contributed by atoms with Crippen LogP contribution in [0.1, 0.15) is 66.4 Å². The van der Waals surface area contributed by atoms with Crippen molar-refractivity contribution < 1.29 is 43.0 Å². The smallest absolute Gasteiger partial charge is 0.408 e. The second-order valence-electron chi connectivity index (χ2n) is 10.3. The molecule has 0 radical (unpaired) electrons. The number of benzene rings is 1. The molecule has 1 aromatic carbocycles. The van der Waals surface area contributed by atoms with Crippen LogP contribution in [0.5, 0.6) is 11.5 Å². The second-order valence-corrected chi connectivity index (χ2v) is 10.3. The van der Waals surface area contributed by atoms with E-state index < -0.39 is 46.9 Å². The molecule has 1 aromatic rings. The van der Waals surface area contributed by atoms with Gasteiger partial charge in [-0.25, -0.2) is 14.4 Å². The minimum atomic E-state index is -1.09. The number of carbonyl (C=O) groups is 3. The highest BCUT2D eigenvalue weighted by Gasteiger charge is 2.27. The molecule has 0 bridgehead atoms. The number of hydrogen-bond acceptors (Lipinski definition) is 10. The number of esters is 1. The standard InChI is InChI=1S/C25H39N3O10/c1-24(2,3)37-22(30)26-12-10-9-11-17(27-23(31)38-25(4,5)6)21(29)36-15-16-13-19(34-7)20(35-8)14-18(16)28(32)33/h13-14,17H,9-12,15H2,1-8H3,(H,26,30)(H,27,31). The first-order valence-corrected chi connectivity index (χ1v) is 12.1. The van der Waals surface area contributed by atoms with Crippen LogP contribution in [-0.4, -0.2) is 61.1 Å². The predicted octanol–water partition coefficient (Wildman–Crippen LogP) is 4.24. The number of carbonyl (C=O) groups excluding carboxylic acids is 3. The number of rotatable bonds is 12. The molecule has 0 aromatic heterocycles. The number of nitro benzene ring substituents is 1. The van der Waals surface area contributed by atoms with Crippen LogP contribution in [0.2, 0.25) is 0 Å². The number of amides is 2. The summed E-state index contributed by atoms with van der Waals surface area (Å²) in [4.78, 5) is 47.9. The third kappa shape index (κ3) is 12.0. The topological polar surface area (TPSA) is 165 Å². The lowest BCUT2D eigenvalue weighted by molar-refractivity contribution is -0.385. The summed E-state index contributed by atoms with van der Waals surface area (Å²) in [5.41, 5.74) is -1.66. The first-order valence-electron chi connectivity index (χ1n) is 12.1. The number of nitrogens with zero attached hydrogens (tertiary/aromatic N) is 1. The van der Waals surface area contributed by atoms with Gasteiger partial charge in [-0.2, -0.15) is 0 Å². The third-order valence-corrected chi connectivity index (χ3v) is 4.71. The van der Waals surface area contributed by atoms with Gasteiger partial charge in [-0.15, -0.1) is 0 Å². The van der Waals surface area contributed by atoms with Crippen molar-refractivity contribution in [2.24, 2.45) is 0 Å². The molecule has 0 heterocycles. The molecule has 0 spiro atoms. The van der Waals surface area contributed by atoms with Crippen LogP contribution in [0.4, 0.5) is 15.3 Å². The molecule has 1 atom stereocenters. The fourth-order valence-electron chi connectivity index (χ4n) is 3.12. The Labute approximate surface area is 222 Å². The largest absolute Gasteiger partial charge is 0.493 e. The highest BCUT2D eigenvalue weighted by atomic mass is 16.6. The molecule has 214 valence electrons. The zero-order valence-electron chi connectivity index (χ0n) is 23.3. The van der Waals surface area contributed by atoms with Gasteiger partial charge in [0.15, 0.2) is 11.5 Å². The number of methoxy groups -OCH3 is 2. The molecule has 1 unspecified atom stereocenters. The van der Waals surface area contributed by atoms with Crippen molar-refractivity contribution in [1.29, 1.82) is 0 Å². The average Bonchev–Trinajstić information content (AvgIpc) is 2.78. The lowest BCUT2D eigenvalue weighted by atomic mass is 10.1. The molecule has 13 heteroatoms. The van der Waals surface area contributed by atoms with Crippen LogP contribution in [0, 0.1) is 10.1 Å². The van der Waals surface area contributed by atoms with Crippen molar-refractivity contribution in [3.05, 3.63) is 27.8 Å². The SMILES string of the molecule is COc1cc(COC(=O)C(CCCCNC(=O)OC(C)(C)C)NC(=O)OC(C)(C)C)c([N+](=O)[O-])cc1OC. The third-order valence-electron chi connectivity index (χ3n) is 4.71. The summed E-state index contributed by atoms with van der Waals surface area (Å²) in [5.74, 6) is -0.427. The summed E-state index contributed by atoms with van der Waals surface area (Å²) in [5, 5.41) is 16.6. The van der Waals surface area contributed by atoms with Gasteiger partial charge < -0.3 is 34.3 Å². The van der Waals surface area contributed by atoms with Gasteiger partial charge in [0.2, 0.25) is 0 Å². The Morgan fingerprint density at radius 3 is 2.00 bits per heavy atom. The maximum atomic E-state index is 12.9. The zero-order chi connectivity index (χ0) is 29.1. The summed E-state index contributed by atoms with van der Waals surface area (Å²) in [6.45, 7) is 10.1. The number of ether oxygens (including phenoxy) is 5. The summed E-state index contributed by atoms with van der Waals surface area (Å²) in [6, 6.07) is 1.43. The molecule has 0 fully saturated rings. The minimum absolute atomic E-state index is 0.0820. The van der Waals surface area contributed by atoms with E-state index in [1.165, 1.54) is 26.4 Å². The highest BCUT2D eigenvalue weighted by molar-refractivity contribution is 5.81. The van der Waals surface area contributed by atoms with Crippen LogP contribution in [0.3, 0.4) is 0 Å². The maximum absolute atomic E-state index is 12.9. The number of hydrogen-bond donors (Lipinski definition) is 2. The van der Waals surface area contributed by atoms with E-state index in [0.29, 0.717) is 19.4 Å². The average molecular weight is 542 g/mol. The first kappa shape index (κ1) is 32.3. The fourth-order valence-corrected chi connectivity index (χ4v) is 3.12. The summed E-state index contributed by atoms with van der Waals surface area (Å²) in [7, 11) is 2.72. The fraction of sp³-hybridized carbons (Fsp3) is 0.640. The lowest BCUT2D eigenvalue weighted by Crippen LogP contribution is -2.44. The van der Waals surface area contributed by atoms with Gasteiger partial charge in [0.05, 0.1) is 30.8 Å². The number of unbranched alkanes of at least 4 members (excludes halogenated alkanes) is 1. The first-order chi connectivity index (χ1) is 17.6. The highest BCUT2D eigenvalue weighted by Crippen LogP contribution is 2.34. The molecule has 38 heavy (non-hydrogen) atoms. The van der Waals surface area contributed by atoms with Crippen molar-refractivity contribution in [2.45, 2.75) is 84.7 Å². The Balaban J connectivity index is 2.88. The van der Waals surface area contributed by atoms with Gasteiger partial charge >= 0.3 is 18.2 Å². The summed E-state index contributed by atoms with van der Waals surface area (Å²) in [6.07, 6.45) is -0.287. The molecule has 0 aliphatic heterocycles. The van der Waals surface area contributed by atoms with E-state index >= 15 is 0 Å². The van der Waals surface area contributed by atoms with Crippen molar-refractivity contribution >= 4 is 23.8 Å². The summed E-state index contributed by atoms with van der Waals surface area (Å²) >= 11 is 0. The quantitative estimate of drug-likeness (QED) is 0.128. The Kier molecular flexibility index (Phi) is 12.1. The number of nitro groups is 1. The van der Waals surface area contributed by atoms with E-state index in [9.17, 15) is 24.5 Å². The van der Waals surface area contributed by atoms with Crippen LogP contribution in [-0.2, 0) is 25.6 Å². The van der Waals surface area contributed by atoms with Crippen LogP contribution >= 0.6 is 0 Å². The van der Waals surface area contributed by atoms with E-state index in [1.807, 2.05) is 0 Å². The molecular formula is C25H39N3O10. The van der Waals surface area contributed by atoms with E-state index in [1.54, 1.807) is 41.5 Å². The molecule has 13 nitrogen and oxygen atoms in total. The van der Waals surface area contributed by atoms with Crippen molar-refractivity contribution in [3.63, 3.8) is 0 Å². The van der Waals surface area contributed by atoms with Gasteiger partial charge in [-0.05, 0) is 66.9 Å². The second kappa shape index (κ2) is 14.2. The number of nitrogens with one attached hydrogen (secondary N) is 2. The van der Waals surface area contributed by atoms with Gasteiger partial charge in [-0.1, -0.05) is 0 Å². The van der Waals surface area contributed by atoms with E-state index in [2.05, 4.69) is 10.6 Å². The maximum Gasteiger partial charge on any atom is 0.408 e. The normalized spacial score (nSPS) is 12.1. The van der Waals surface area contributed by atoms with Crippen LogP contribution < -0.4 is 20.1 Å². The Hall–Kier alpha value is -3.77. The van der Waals surface area contributed by atoms with Gasteiger partial charge in [0, 0.05) is 6.54 Å². The molecule has 2 N–H and O–H groups in total. The van der Waals surface area contributed by atoms with E-state index in [4.69, 9.17) is 23.7 Å². The molecule has 1 rings (SSSR count). The Morgan fingerprint density at radius 2 is 1.47 bits per heavy atom. The minimum Gasteiger partial charge on any atom is -0.493 e. The Bertz CT molecular complexity index is 983. The van der Waals surface area contributed by atoms with E-state index in [-0.39, 0.29) is 29.2 Å². The van der Waals surface area contributed by atoms with Crippen molar-refractivity contribution in [2.75, 3.05) is 20.8 Å². The van der Waals surface area contributed by atoms with Gasteiger partial charge in [-0.3, -0.25) is 10.1 Å². The zero-order valence-corrected chi connectivity index (χ0v) is 23.3. The molecule has 0 aliphatic carbocycles. The lowest BCUT2D eigenvalue weighted by Gasteiger charge is -2.23. The molecule has 0 saturated carbocycles. The summed E-state index contributed by atoms with van der Waals surface area (Å²) < 4.78 is 26.0. The van der Waals surface area contributed by atoms with Crippen molar-refractivity contribution in [1.82, 2.24) is 10.6 Å². The molecule has 0 aliphatic rings. The molecular weight excluding hydrogens is 502 g/mol. The predicted molar refractivity (Wildman–Crippen MR) is 137 cm³/mol. The van der Waals surface area contributed by atoms with Gasteiger partial charge in [0.25, 0.3) is 5.69 Å². The van der Waals surface area contributed by atoms with Crippen LogP contribution in [0.25, 0.3) is 0 Å². The molecule has 0 saturated heterocycles. The Morgan fingerprint density at radius 1 is 0.921 bits per heavy atom. The van der Waals surface area contributed by atoms with Crippen LogP contribution in [0.15, 0.2) is 12.1 Å².